The molecule has 1 N–H and O–H groups in total. The fourth-order valence-corrected chi connectivity index (χ4v) is 2.74. The van der Waals surface area contributed by atoms with Crippen molar-refractivity contribution in [2.24, 2.45) is 0 Å². The molecule has 5 nitrogen and oxygen atoms in total. The maximum absolute atomic E-state index is 12.6. The van der Waals surface area contributed by atoms with Crippen molar-refractivity contribution < 1.29 is 4.79 Å². The molecule has 1 heterocycles. The Hall–Kier alpha value is -2.43. The van der Waals surface area contributed by atoms with Crippen LogP contribution < -0.4 is 5.32 Å². The summed E-state index contributed by atoms with van der Waals surface area (Å²) in [5, 5.41) is 3.38. The summed E-state index contributed by atoms with van der Waals surface area (Å²) in [4.78, 5) is 23.1. The highest BCUT2D eigenvalue weighted by Crippen LogP contribution is 2.25. The van der Waals surface area contributed by atoms with E-state index in [-0.39, 0.29) is 5.91 Å². The van der Waals surface area contributed by atoms with Crippen LogP contribution in [0.15, 0.2) is 24.3 Å². The molecule has 1 amide bonds. The number of para-hydroxylation sites is 1. The van der Waals surface area contributed by atoms with Crippen molar-refractivity contribution in [1.82, 2.24) is 14.9 Å². The molecule has 24 heavy (non-hydrogen) atoms. The van der Waals surface area contributed by atoms with Crippen molar-refractivity contribution in [2.45, 2.75) is 41.0 Å². The smallest absolute Gasteiger partial charge is 0.272 e. The van der Waals surface area contributed by atoms with Gasteiger partial charge in [-0.15, -0.1) is 0 Å². The summed E-state index contributed by atoms with van der Waals surface area (Å²) >= 11 is 0. The molecule has 1 aromatic carbocycles. The van der Waals surface area contributed by atoms with Crippen LogP contribution in [0.25, 0.3) is 0 Å². The van der Waals surface area contributed by atoms with Gasteiger partial charge in [-0.2, -0.15) is 0 Å². The van der Waals surface area contributed by atoms with E-state index < -0.39 is 0 Å². The number of amides is 1. The molecule has 1 aromatic heterocycles. The first-order chi connectivity index (χ1) is 11.5. The average Bonchev–Trinajstić information content (AvgIpc) is 2.57. The first-order valence-electron chi connectivity index (χ1n) is 8.50. The maximum atomic E-state index is 12.6. The number of hydrogen-bond donors (Lipinski definition) is 1. The zero-order valence-electron chi connectivity index (χ0n) is 15.2. The third-order valence-corrected chi connectivity index (χ3v) is 4.10. The van der Waals surface area contributed by atoms with E-state index in [1.807, 2.05) is 20.8 Å². The summed E-state index contributed by atoms with van der Waals surface area (Å²) in [5.41, 5.74) is 3.87. The summed E-state index contributed by atoms with van der Waals surface area (Å²) in [6, 6.07) is 7.96. The Bertz CT molecular complexity index is 723. The van der Waals surface area contributed by atoms with Crippen molar-refractivity contribution in [1.29, 1.82) is 0 Å². The molecule has 0 aliphatic carbocycles. The number of aromatic nitrogens is 2. The Morgan fingerprint density at radius 1 is 1.12 bits per heavy atom. The Balaban J connectivity index is 2.38. The summed E-state index contributed by atoms with van der Waals surface area (Å²) in [6.07, 6.45) is 0.930. The summed E-state index contributed by atoms with van der Waals surface area (Å²) in [6.45, 7) is 11.3. The third-order valence-electron chi connectivity index (χ3n) is 4.10. The number of nitrogens with zero attached hydrogens (tertiary/aromatic N) is 3. The van der Waals surface area contributed by atoms with Crippen LogP contribution in [0.5, 0.6) is 0 Å². The van der Waals surface area contributed by atoms with E-state index in [1.165, 1.54) is 5.56 Å². The van der Waals surface area contributed by atoms with Gasteiger partial charge in [0.05, 0.1) is 0 Å². The van der Waals surface area contributed by atoms with E-state index in [0.717, 1.165) is 17.7 Å². The second kappa shape index (κ2) is 7.90. The maximum Gasteiger partial charge on any atom is 0.272 e. The van der Waals surface area contributed by atoms with E-state index in [4.69, 9.17) is 0 Å². The fraction of sp³-hybridized carbons (Fsp3) is 0.421. The molecule has 0 saturated heterocycles. The molecule has 0 saturated carbocycles. The lowest BCUT2D eigenvalue weighted by Crippen LogP contribution is -2.31. The van der Waals surface area contributed by atoms with Gasteiger partial charge < -0.3 is 10.2 Å². The number of benzene rings is 1. The van der Waals surface area contributed by atoms with E-state index in [0.29, 0.717) is 30.4 Å². The number of rotatable bonds is 6. The van der Waals surface area contributed by atoms with E-state index in [2.05, 4.69) is 47.3 Å². The fourth-order valence-electron chi connectivity index (χ4n) is 2.74. The Morgan fingerprint density at radius 2 is 1.83 bits per heavy atom. The predicted octanol–water partition coefficient (Wildman–Crippen LogP) is 3.88. The summed E-state index contributed by atoms with van der Waals surface area (Å²) in [5.74, 6) is 1.18. The lowest BCUT2D eigenvalue weighted by atomic mass is 10.1. The lowest BCUT2D eigenvalue weighted by molar-refractivity contribution is 0.0766. The van der Waals surface area contributed by atoms with Crippen molar-refractivity contribution in [3.8, 4) is 0 Å². The van der Waals surface area contributed by atoms with Crippen molar-refractivity contribution in [3.05, 3.63) is 46.9 Å². The van der Waals surface area contributed by atoms with Gasteiger partial charge in [0.1, 0.15) is 17.3 Å². The standard InChI is InChI=1S/C19H26N4O/c1-6-15-11-9-10-13(4)18(15)22-17-12-16(20-14(5)21-17)19(24)23(7-2)8-3/h9-12H,6-8H2,1-5H3,(H,20,21,22). The van der Waals surface area contributed by atoms with Gasteiger partial charge in [-0.1, -0.05) is 25.1 Å². The molecule has 0 aliphatic rings. The zero-order valence-corrected chi connectivity index (χ0v) is 15.2. The molecule has 0 atom stereocenters. The molecule has 5 heteroatoms. The molecule has 0 bridgehead atoms. The number of carbonyl (C=O) groups excluding carboxylic acids is 1. The number of nitrogens with one attached hydrogen (secondary N) is 1. The van der Waals surface area contributed by atoms with Gasteiger partial charge in [0, 0.05) is 24.8 Å². The topological polar surface area (TPSA) is 58.1 Å². The Kier molecular flexibility index (Phi) is 5.90. The summed E-state index contributed by atoms with van der Waals surface area (Å²) < 4.78 is 0. The highest BCUT2D eigenvalue weighted by molar-refractivity contribution is 5.93. The van der Waals surface area contributed by atoms with Crippen LogP contribution in [-0.2, 0) is 6.42 Å². The average molecular weight is 326 g/mol. The van der Waals surface area contributed by atoms with Gasteiger partial charge in [-0.05, 0) is 45.2 Å². The molecular formula is C19H26N4O. The molecule has 2 aromatic rings. The number of carbonyl (C=O) groups is 1. The molecule has 0 aliphatic heterocycles. The monoisotopic (exact) mass is 326 g/mol. The molecule has 0 spiro atoms. The lowest BCUT2D eigenvalue weighted by Gasteiger charge is -2.19. The minimum absolute atomic E-state index is 0.0611. The minimum Gasteiger partial charge on any atom is -0.340 e. The van der Waals surface area contributed by atoms with Gasteiger partial charge in [0.2, 0.25) is 0 Å². The molecular weight excluding hydrogens is 300 g/mol. The SMILES string of the molecule is CCc1cccc(C)c1Nc1cc(C(=O)N(CC)CC)nc(C)n1. The molecule has 0 fully saturated rings. The first-order valence-corrected chi connectivity index (χ1v) is 8.50. The second-order valence-electron chi connectivity index (χ2n) is 5.75. The molecule has 0 radical (unpaired) electrons. The number of aryl methyl sites for hydroxylation is 3. The van der Waals surface area contributed by atoms with Crippen LogP contribution in [0.2, 0.25) is 0 Å². The van der Waals surface area contributed by atoms with Crippen LogP contribution >= 0.6 is 0 Å². The molecule has 0 unspecified atom stereocenters. The largest absolute Gasteiger partial charge is 0.340 e. The highest BCUT2D eigenvalue weighted by Gasteiger charge is 2.16. The van der Waals surface area contributed by atoms with Gasteiger partial charge >= 0.3 is 0 Å². The van der Waals surface area contributed by atoms with Crippen LogP contribution in [-0.4, -0.2) is 33.9 Å². The number of anilines is 2. The van der Waals surface area contributed by atoms with Gasteiger partial charge in [0.25, 0.3) is 5.91 Å². The number of hydrogen-bond acceptors (Lipinski definition) is 4. The molecule has 2 rings (SSSR count). The first kappa shape index (κ1) is 17.9. The Morgan fingerprint density at radius 3 is 2.46 bits per heavy atom. The van der Waals surface area contributed by atoms with E-state index in [9.17, 15) is 4.79 Å². The Labute approximate surface area is 144 Å². The third kappa shape index (κ3) is 3.91. The van der Waals surface area contributed by atoms with Gasteiger partial charge in [-0.3, -0.25) is 4.79 Å². The van der Waals surface area contributed by atoms with Crippen LogP contribution in [0.3, 0.4) is 0 Å². The van der Waals surface area contributed by atoms with E-state index in [1.54, 1.807) is 11.0 Å². The van der Waals surface area contributed by atoms with Crippen LogP contribution in [0, 0.1) is 13.8 Å². The predicted molar refractivity (Wildman–Crippen MR) is 97.9 cm³/mol. The van der Waals surface area contributed by atoms with Crippen molar-refractivity contribution in [3.63, 3.8) is 0 Å². The summed E-state index contributed by atoms with van der Waals surface area (Å²) in [7, 11) is 0. The van der Waals surface area contributed by atoms with E-state index >= 15 is 0 Å². The van der Waals surface area contributed by atoms with Crippen LogP contribution in [0.1, 0.15) is 48.2 Å². The molecule has 128 valence electrons. The van der Waals surface area contributed by atoms with Crippen LogP contribution in [0.4, 0.5) is 11.5 Å². The second-order valence-corrected chi connectivity index (χ2v) is 5.75. The van der Waals surface area contributed by atoms with Gasteiger partial charge in [-0.25, -0.2) is 9.97 Å². The minimum atomic E-state index is -0.0611. The van der Waals surface area contributed by atoms with Crippen molar-refractivity contribution in [2.75, 3.05) is 18.4 Å². The van der Waals surface area contributed by atoms with Crippen molar-refractivity contribution >= 4 is 17.4 Å². The quantitative estimate of drug-likeness (QED) is 0.875. The normalized spacial score (nSPS) is 10.5. The highest BCUT2D eigenvalue weighted by atomic mass is 16.2. The zero-order chi connectivity index (χ0) is 17.7. The van der Waals surface area contributed by atoms with Gasteiger partial charge in [0.15, 0.2) is 0 Å².